The maximum absolute atomic E-state index is 7.70. The molecular weight excluding hydrogens is 858 g/mol. The first kappa shape index (κ1) is 36.8. The van der Waals surface area contributed by atoms with Gasteiger partial charge in [-0.05, 0) is 88.5 Å². The molecule has 0 nitrogen and oxygen atoms in total. The molecule has 0 amide bonds. The maximum atomic E-state index is 7.70. The van der Waals surface area contributed by atoms with Crippen molar-refractivity contribution in [1.29, 1.82) is 0 Å². The van der Waals surface area contributed by atoms with E-state index in [1.165, 1.54) is 0 Å². The highest BCUT2D eigenvalue weighted by atomic mass is 35.5. The summed E-state index contributed by atoms with van der Waals surface area (Å²) in [6.07, 6.45) is 0. The summed E-state index contributed by atoms with van der Waals surface area (Å²) in [6, 6.07) is 25.7. The number of hydrogen-bond acceptors (Lipinski definition) is 0. The number of rotatable bonds is 5. The molecule has 0 saturated carbocycles. The number of benzene rings is 5. The molecule has 12 heteroatoms. The lowest BCUT2D eigenvalue weighted by atomic mass is 9.55. The molecule has 0 heterocycles. The van der Waals surface area contributed by atoms with Gasteiger partial charge in [0, 0.05) is 52.2 Å². The monoisotopic (exact) mass is 868 g/mol. The first-order valence-electron chi connectivity index (χ1n) is 13.8. The van der Waals surface area contributed by atoms with Crippen LogP contribution in [0.15, 0.2) is 101 Å². The molecule has 5 aromatic rings. The minimum Gasteiger partial charge on any atom is -0.0877 e. The Morgan fingerprint density at radius 2 is 1.06 bits per heavy atom. The third kappa shape index (κ3) is 6.28. The van der Waals surface area contributed by atoms with Crippen molar-refractivity contribution in [3.05, 3.63) is 179 Å². The smallest absolute Gasteiger partial charge is 0.0637 e. The predicted molar refractivity (Wildman–Crippen MR) is 211 cm³/mol. The van der Waals surface area contributed by atoms with Crippen molar-refractivity contribution in [2.75, 3.05) is 0 Å². The van der Waals surface area contributed by atoms with Crippen LogP contribution >= 0.6 is 139 Å². The van der Waals surface area contributed by atoms with Crippen molar-refractivity contribution in [3.8, 4) is 0 Å². The lowest BCUT2D eigenvalue weighted by Crippen LogP contribution is -2.40. The lowest BCUT2D eigenvalue weighted by Gasteiger charge is -2.49. The summed E-state index contributed by atoms with van der Waals surface area (Å²) in [5.74, 6) is -0.970. The Bertz CT molecular complexity index is 2160. The van der Waals surface area contributed by atoms with E-state index < -0.39 is 11.3 Å². The van der Waals surface area contributed by atoms with E-state index in [4.69, 9.17) is 139 Å². The van der Waals surface area contributed by atoms with Gasteiger partial charge in [0.25, 0.3) is 0 Å². The number of allylic oxidation sites excluding steroid dienone is 4. The molecule has 5 aromatic carbocycles. The van der Waals surface area contributed by atoms with E-state index in [0.29, 0.717) is 69.1 Å². The van der Waals surface area contributed by atoms with E-state index >= 15 is 0 Å². The summed E-state index contributed by atoms with van der Waals surface area (Å²) in [6.45, 7) is 0. The zero-order chi connectivity index (χ0) is 34.7. The fourth-order valence-electron chi connectivity index (χ4n) is 6.28. The van der Waals surface area contributed by atoms with Crippen LogP contribution in [-0.4, -0.2) is 0 Å². The Hall–Kier alpha value is -0.940. The van der Waals surface area contributed by atoms with Gasteiger partial charge in [-0.1, -0.05) is 170 Å². The molecule has 0 radical (unpaired) electrons. The molecule has 1 aliphatic rings. The summed E-state index contributed by atoms with van der Waals surface area (Å²) in [4.78, 5) is 0. The van der Waals surface area contributed by atoms with Gasteiger partial charge in [-0.15, -0.1) is 0 Å². The van der Waals surface area contributed by atoms with Gasteiger partial charge in [-0.2, -0.15) is 0 Å². The Labute approximate surface area is 337 Å². The summed E-state index contributed by atoms with van der Waals surface area (Å²) in [7, 11) is 0. The zero-order valence-corrected chi connectivity index (χ0v) is 32.8. The quantitative estimate of drug-likeness (QED) is 0.165. The number of hydrogen-bond donors (Lipinski definition) is 0. The topological polar surface area (TPSA) is 0 Å². The van der Waals surface area contributed by atoms with Crippen LogP contribution in [0, 0.1) is 0 Å². The van der Waals surface area contributed by atoms with Gasteiger partial charge in [-0.3, -0.25) is 0 Å². The van der Waals surface area contributed by atoms with Crippen LogP contribution in [0.3, 0.4) is 0 Å². The summed E-state index contributed by atoms with van der Waals surface area (Å²) in [5.41, 5.74) is 1.77. The molecule has 1 aliphatic carbocycles. The minimum absolute atomic E-state index is 0.176. The summed E-state index contributed by atoms with van der Waals surface area (Å²) < 4.78 is 0. The minimum atomic E-state index is -1.50. The average molecular weight is 874 g/mol. The maximum Gasteiger partial charge on any atom is 0.0637 e. The first-order valence-corrected chi connectivity index (χ1v) is 18.4. The lowest BCUT2D eigenvalue weighted by molar-refractivity contribution is 0.577. The SMILES string of the molecule is ClC1=C(c2ccc(Cl)cc2Cl)C(c2ccc(Cl)c(Cl)c2)(c2cccc(Cl)c2Cl)C(c2c(Cl)cccc2Cl)C(Cl)=C1c1cc(Cl)ccc1Cl. The standard InChI is InChI=1S/C36H16Cl12/c37-17-9-12-22(39)20(14-17)29-34(47)31(19-10-8-18(38)15-27(19)44)36(16-7-11-23(40)28(45)13-16,21-3-1-6-26(43)33(21)46)32(35(29)48)30-24(41)4-2-5-25(30)42/h1-15,32H. The molecule has 0 bridgehead atoms. The van der Waals surface area contributed by atoms with Crippen molar-refractivity contribution < 1.29 is 0 Å². The van der Waals surface area contributed by atoms with Crippen LogP contribution in [0.25, 0.3) is 11.1 Å². The fraction of sp³-hybridized carbons (Fsp3) is 0.0556. The van der Waals surface area contributed by atoms with Crippen molar-refractivity contribution in [1.82, 2.24) is 0 Å². The highest BCUT2D eigenvalue weighted by Crippen LogP contribution is 2.67. The molecule has 2 atom stereocenters. The highest BCUT2D eigenvalue weighted by molar-refractivity contribution is 6.49. The Kier molecular flexibility index (Phi) is 11.2. The largest absolute Gasteiger partial charge is 0.0877 e. The van der Waals surface area contributed by atoms with Crippen LogP contribution in [0.2, 0.25) is 50.2 Å². The predicted octanol–water partition coefficient (Wildman–Crippen LogP) is 16.6. The molecule has 6 rings (SSSR count). The van der Waals surface area contributed by atoms with Gasteiger partial charge >= 0.3 is 0 Å². The van der Waals surface area contributed by atoms with Crippen molar-refractivity contribution in [2.45, 2.75) is 11.3 Å². The second-order valence-electron chi connectivity index (χ2n) is 10.8. The zero-order valence-electron chi connectivity index (χ0n) is 23.8. The molecule has 0 fully saturated rings. The molecule has 0 spiro atoms. The van der Waals surface area contributed by atoms with Crippen LogP contribution in [0.5, 0.6) is 0 Å². The van der Waals surface area contributed by atoms with E-state index in [0.717, 1.165) is 0 Å². The molecule has 0 aromatic heterocycles. The molecular formula is C36H16Cl12. The molecule has 2 unspecified atom stereocenters. The van der Waals surface area contributed by atoms with E-state index in [-0.39, 0.29) is 30.2 Å². The molecule has 0 aliphatic heterocycles. The van der Waals surface area contributed by atoms with Crippen molar-refractivity contribution in [2.24, 2.45) is 0 Å². The Balaban J connectivity index is 1.97. The second-order valence-corrected chi connectivity index (χ2v) is 15.7. The van der Waals surface area contributed by atoms with Crippen molar-refractivity contribution >= 4 is 150 Å². The normalized spacial score (nSPS) is 18.1. The third-order valence-corrected chi connectivity index (χ3v) is 12.3. The summed E-state index contributed by atoms with van der Waals surface area (Å²) in [5, 5.41) is 3.44. The Morgan fingerprint density at radius 1 is 0.458 bits per heavy atom. The third-order valence-electron chi connectivity index (χ3n) is 8.20. The fourth-order valence-corrected chi connectivity index (χ4v) is 9.50. The van der Waals surface area contributed by atoms with E-state index in [2.05, 4.69) is 0 Å². The second kappa shape index (κ2) is 14.6. The highest BCUT2D eigenvalue weighted by Gasteiger charge is 2.55. The first-order chi connectivity index (χ1) is 22.8. The van der Waals surface area contributed by atoms with Gasteiger partial charge in [0.2, 0.25) is 0 Å². The van der Waals surface area contributed by atoms with Gasteiger partial charge in [0.05, 0.1) is 30.5 Å². The van der Waals surface area contributed by atoms with Crippen molar-refractivity contribution in [3.63, 3.8) is 0 Å². The molecule has 0 saturated heterocycles. The van der Waals surface area contributed by atoms with Gasteiger partial charge in [0.15, 0.2) is 0 Å². The van der Waals surface area contributed by atoms with Crippen LogP contribution in [0.1, 0.15) is 33.7 Å². The number of halogens is 12. The molecule has 0 N–H and O–H groups in total. The average Bonchev–Trinajstić information content (AvgIpc) is 3.03. The van der Waals surface area contributed by atoms with E-state index in [1.807, 2.05) is 6.07 Å². The molecule has 48 heavy (non-hydrogen) atoms. The van der Waals surface area contributed by atoms with E-state index in [9.17, 15) is 0 Å². The Morgan fingerprint density at radius 3 is 1.73 bits per heavy atom. The van der Waals surface area contributed by atoms with Gasteiger partial charge in [0.1, 0.15) is 0 Å². The molecule has 244 valence electrons. The van der Waals surface area contributed by atoms with Gasteiger partial charge < -0.3 is 0 Å². The van der Waals surface area contributed by atoms with E-state index in [1.54, 1.807) is 84.9 Å². The van der Waals surface area contributed by atoms with Crippen LogP contribution < -0.4 is 0 Å². The van der Waals surface area contributed by atoms with Crippen LogP contribution in [-0.2, 0) is 5.41 Å². The van der Waals surface area contributed by atoms with Crippen LogP contribution in [0.4, 0.5) is 0 Å². The van der Waals surface area contributed by atoms with Gasteiger partial charge in [-0.25, -0.2) is 0 Å². The summed E-state index contributed by atoms with van der Waals surface area (Å²) >= 11 is 83.7.